The number of ether oxygens (including phenoxy) is 1. The van der Waals surface area contributed by atoms with Crippen molar-refractivity contribution in [2.75, 3.05) is 36.6 Å². The van der Waals surface area contributed by atoms with E-state index < -0.39 is 12.1 Å². The van der Waals surface area contributed by atoms with Crippen LogP contribution in [0.4, 0.5) is 16.2 Å². The Balaban J connectivity index is 1.13. The largest absolute Gasteiger partial charge is 0.389 e. The van der Waals surface area contributed by atoms with Crippen molar-refractivity contribution >= 4 is 39.2 Å². The van der Waals surface area contributed by atoms with Crippen LogP contribution >= 0.6 is 15.9 Å². The highest BCUT2D eigenvalue weighted by Gasteiger charge is 2.36. The average molecular weight is 530 g/mol. The van der Waals surface area contributed by atoms with Crippen molar-refractivity contribution in [3.05, 3.63) is 58.1 Å². The lowest BCUT2D eigenvalue weighted by Gasteiger charge is -2.40. The molecule has 3 heterocycles. The topological polar surface area (TPSA) is 106 Å². The molecule has 10 heteroatoms. The molecule has 2 saturated heterocycles. The number of carbonyl (C=O) groups is 2. The molecule has 4 N–H and O–H groups in total. The zero-order valence-electron chi connectivity index (χ0n) is 18.7. The van der Waals surface area contributed by atoms with Gasteiger partial charge >= 0.3 is 6.03 Å². The number of carbonyl (C=O) groups excluding carboxylic acids is 2. The van der Waals surface area contributed by atoms with E-state index in [-0.39, 0.29) is 24.6 Å². The number of nitrogens with zero attached hydrogens (tertiary/aromatic N) is 2. The summed E-state index contributed by atoms with van der Waals surface area (Å²) in [6.45, 7) is 1.93. The molecule has 180 valence electrons. The molecule has 2 bridgehead atoms. The van der Waals surface area contributed by atoms with Gasteiger partial charge in [-0.15, -0.1) is 0 Å². The van der Waals surface area contributed by atoms with Crippen molar-refractivity contribution in [3.63, 3.8) is 0 Å². The van der Waals surface area contributed by atoms with Crippen LogP contribution in [0.1, 0.15) is 30.1 Å². The number of rotatable bonds is 5. The van der Waals surface area contributed by atoms with E-state index in [1.807, 2.05) is 47.5 Å². The molecule has 34 heavy (non-hydrogen) atoms. The molecular weight excluding hydrogens is 502 g/mol. The molecule has 0 saturated carbocycles. The van der Waals surface area contributed by atoms with Gasteiger partial charge in [0.25, 0.3) is 5.91 Å². The number of aliphatic hydroxyl groups excluding tert-OH is 1. The van der Waals surface area contributed by atoms with Gasteiger partial charge in [0.15, 0.2) is 0 Å². The monoisotopic (exact) mass is 529 g/mol. The predicted molar refractivity (Wildman–Crippen MR) is 131 cm³/mol. The first-order valence-electron chi connectivity index (χ1n) is 11.5. The van der Waals surface area contributed by atoms with Crippen LogP contribution in [0.25, 0.3) is 0 Å². The van der Waals surface area contributed by atoms with Crippen LogP contribution in [-0.4, -0.2) is 60.4 Å². The van der Waals surface area contributed by atoms with Gasteiger partial charge in [-0.05, 0) is 52.2 Å². The fraction of sp³-hybridized carbons (Fsp3) is 0.417. The lowest BCUT2D eigenvalue weighted by atomic mass is 9.89. The Morgan fingerprint density at radius 2 is 2.03 bits per heavy atom. The van der Waals surface area contributed by atoms with Crippen molar-refractivity contribution in [1.29, 1.82) is 0 Å². The van der Waals surface area contributed by atoms with Crippen LogP contribution in [0, 0.1) is 0 Å². The van der Waals surface area contributed by atoms with Crippen LogP contribution < -0.4 is 21.0 Å². The van der Waals surface area contributed by atoms with Gasteiger partial charge in [0.1, 0.15) is 6.54 Å². The first-order valence-corrected chi connectivity index (χ1v) is 12.3. The Bertz CT molecular complexity index is 1080. The number of hydrogen-bond acceptors (Lipinski definition) is 6. The summed E-state index contributed by atoms with van der Waals surface area (Å²) in [4.78, 5) is 25.2. The number of fused-ring (bicyclic) bond motifs is 4. The van der Waals surface area contributed by atoms with Crippen molar-refractivity contribution in [1.82, 2.24) is 15.6 Å². The molecular formula is C24H28BrN5O4. The van der Waals surface area contributed by atoms with Gasteiger partial charge in [-0.3, -0.25) is 14.8 Å². The highest BCUT2D eigenvalue weighted by atomic mass is 79.9. The van der Waals surface area contributed by atoms with Crippen LogP contribution in [0.15, 0.2) is 46.9 Å². The zero-order chi connectivity index (χ0) is 23.7. The maximum atomic E-state index is 12.8. The normalized spacial score (nSPS) is 23.2. The zero-order valence-corrected chi connectivity index (χ0v) is 20.3. The molecule has 0 unspecified atom stereocenters. The molecule has 0 aromatic heterocycles. The second kappa shape index (κ2) is 9.81. The second-order valence-corrected chi connectivity index (χ2v) is 9.63. The van der Waals surface area contributed by atoms with E-state index in [0.29, 0.717) is 19.7 Å². The number of benzene rings is 2. The summed E-state index contributed by atoms with van der Waals surface area (Å²) in [5.41, 5.74) is 3.87. The summed E-state index contributed by atoms with van der Waals surface area (Å²) in [6.07, 6.45) is 1.04. The second-order valence-electron chi connectivity index (χ2n) is 8.78. The SMILES string of the molecule is O=C(NCC(=O)N1CCCN1c1ccccc1Br)NCc1ccc2c(c1)[C@H]1C[C@H](N2)[C@H](O)CO1. The molecule has 0 spiro atoms. The van der Waals surface area contributed by atoms with E-state index >= 15 is 0 Å². The first-order chi connectivity index (χ1) is 16.5. The van der Waals surface area contributed by atoms with Gasteiger partial charge in [0.05, 0.1) is 30.5 Å². The van der Waals surface area contributed by atoms with E-state index in [1.165, 1.54) is 0 Å². The summed E-state index contributed by atoms with van der Waals surface area (Å²) in [5, 5.41) is 22.5. The van der Waals surface area contributed by atoms with Gasteiger partial charge in [-0.1, -0.05) is 18.2 Å². The molecule has 2 aromatic rings. The Morgan fingerprint density at radius 3 is 2.88 bits per heavy atom. The minimum atomic E-state index is -0.501. The van der Waals surface area contributed by atoms with Gasteiger partial charge < -0.3 is 25.8 Å². The quantitative estimate of drug-likeness (QED) is 0.474. The third-order valence-electron chi connectivity index (χ3n) is 6.51. The minimum Gasteiger partial charge on any atom is -0.389 e. The van der Waals surface area contributed by atoms with Crippen molar-refractivity contribution in [2.45, 2.75) is 37.6 Å². The molecule has 3 amide bonds. The van der Waals surface area contributed by atoms with Crippen LogP contribution in [0.2, 0.25) is 0 Å². The summed E-state index contributed by atoms with van der Waals surface area (Å²) >= 11 is 3.55. The number of aliphatic hydroxyl groups is 1. The number of amides is 3. The van der Waals surface area contributed by atoms with Crippen LogP contribution in [0.5, 0.6) is 0 Å². The molecule has 2 fully saturated rings. The number of anilines is 2. The highest BCUT2D eigenvalue weighted by Crippen LogP contribution is 2.39. The van der Waals surface area contributed by atoms with Crippen molar-refractivity contribution in [2.24, 2.45) is 0 Å². The van der Waals surface area contributed by atoms with Crippen molar-refractivity contribution in [3.8, 4) is 0 Å². The van der Waals surface area contributed by atoms with Crippen molar-refractivity contribution < 1.29 is 19.4 Å². The third-order valence-corrected chi connectivity index (χ3v) is 7.18. The molecule has 0 radical (unpaired) electrons. The van der Waals surface area contributed by atoms with E-state index in [0.717, 1.165) is 46.4 Å². The number of halogens is 1. The van der Waals surface area contributed by atoms with Crippen LogP contribution in [-0.2, 0) is 16.1 Å². The third kappa shape index (κ3) is 4.70. The molecule has 9 nitrogen and oxygen atoms in total. The number of nitrogens with one attached hydrogen (secondary N) is 3. The smallest absolute Gasteiger partial charge is 0.315 e. The number of hydrazine groups is 1. The Hall–Kier alpha value is -2.82. The van der Waals surface area contributed by atoms with Gasteiger partial charge in [-0.2, -0.15) is 0 Å². The lowest BCUT2D eigenvalue weighted by molar-refractivity contribution is -0.129. The standard InChI is InChI=1S/C24H28BrN5O4/c25-17-4-1-2-5-20(17)29-8-3-9-30(29)23(32)13-27-24(33)26-12-15-6-7-18-16(10-15)22-11-19(28-18)21(31)14-34-22/h1-2,4-7,10,19,21-22,28,31H,3,8-9,11-14H2,(H2,26,27,33)/t19-,21+,22+/m0/s1. The molecule has 5 rings (SSSR count). The Morgan fingerprint density at radius 1 is 1.18 bits per heavy atom. The lowest BCUT2D eigenvalue weighted by Crippen LogP contribution is -2.48. The number of hydrogen-bond donors (Lipinski definition) is 4. The molecule has 0 aliphatic carbocycles. The fourth-order valence-electron chi connectivity index (χ4n) is 4.75. The maximum absolute atomic E-state index is 12.8. The molecule has 2 aromatic carbocycles. The van der Waals surface area contributed by atoms with E-state index in [1.54, 1.807) is 5.01 Å². The summed E-state index contributed by atoms with van der Waals surface area (Å²) in [7, 11) is 0. The summed E-state index contributed by atoms with van der Waals surface area (Å²) in [6, 6.07) is 13.3. The Labute approximate surface area is 206 Å². The molecule has 3 atom stereocenters. The highest BCUT2D eigenvalue weighted by molar-refractivity contribution is 9.10. The predicted octanol–water partition coefficient (Wildman–Crippen LogP) is 2.52. The number of para-hydroxylation sites is 1. The molecule has 3 aliphatic heterocycles. The number of urea groups is 1. The maximum Gasteiger partial charge on any atom is 0.315 e. The fourth-order valence-corrected chi connectivity index (χ4v) is 5.24. The van der Waals surface area contributed by atoms with Gasteiger partial charge in [-0.25, -0.2) is 4.79 Å². The van der Waals surface area contributed by atoms with E-state index in [2.05, 4.69) is 31.9 Å². The van der Waals surface area contributed by atoms with Crippen LogP contribution in [0.3, 0.4) is 0 Å². The van der Waals surface area contributed by atoms with Gasteiger partial charge in [0, 0.05) is 41.8 Å². The van der Waals surface area contributed by atoms with E-state index in [9.17, 15) is 14.7 Å². The average Bonchev–Trinajstić information content (AvgIpc) is 3.33. The summed E-state index contributed by atoms with van der Waals surface area (Å²) in [5.74, 6) is -0.158. The van der Waals surface area contributed by atoms with E-state index in [4.69, 9.17) is 4.74 Å². The Kier molecular flexibility index (Phi) is 6.62. The molecule has 3 aliphatic rings. The first kappa shape index (κ1) is 22.9. The summed E-state index contributed by atoms with van der Waals surface area (Å²) < 4.78 is 6.71. The minimum absolute atomic E-state index is 0.00748. The van der Waals surface area contributed by atoms with Gasteiger partial charge in [0.2, 0.25) is 0 Å².